The van der Waals surface area contributed by atoms with Gasteiger partial charge in [0, 0.05) is 31.6 Å². The van der Waals surface area contributed by atoms with E-state index < -0.39 is 0 Å². The number of aromatic nitrogens is 1. The molecule has 4 rings (SSSR count). The van der Waals surface area contributed by atoms with Gasteiger partial charge in [-0.05, 0) is 49.0 Å². The first-order chi connectivity index (χ1) is 14.6. The van der Waals surface area contributed by atoms with Crippen LogP contribution in [0.4, 0.5) is 11.5 Å². The molecule has 3 aromatic rings. The van der Waals surface area contributed by atoms with E-state index in [1.54, 1.807) is 12.1 Å². The van der Waals surface area contributed by atoms with Gasteiger partial charge in [0.05, 0.1) is 23.9 Å². The second-order valence-electron chi connectivity index (χ2n) is 7.26. The maximum absolute atomic E-state index is 12.0. The molecule has 1 N–H and O–H groups in total. The van der Waals surface area contributed by atoms with Crippen LogP contribution < -0.4 is 10.2 Å². The lowest BCUT2D eigenvalue weighted by molar-refractivity contribution is 0.0602. The highest BCUT2D eigenvalue weighted by Gasteiger charge is 2.21. The van der Waals surface area contributed by atoms with Gasteiger partial charge in [0.15, 0.2) is 5.11 Å². The fourth-order valence-corrected chi connectivity index (χ4v) is 4.00. The van der Waals surface area contributed by atoms with Crippen molar-refractivity contribution >= 4 is 45.7 Å². The fourth-order valence-electron chi connectivity index (χ4n) is 3.71. The van der Waals surface area contributed by atoms with Crippen molar-refractivity contribution in [2.45, 2.75) is 6.92 Å². The van der Waals surface area contributed by atoms with E-state index >= 15 is 0 Å². The summed E-state index contributed by atoms with van der Waals surface area (Å²) in [4.78, 5) is 21.2. The zero-order chi connectivity index (χ0) is 21.1. The van der Waals surface area contributed by atoms with Crippen molar-refractivity contribution in [3.8, 4) is 0 Å². The number of nitrogens with zero attached hydrogens (tertiary/aromatic N) is 3. The van der Waals surface area contributed by atoms with Gasteiger partial charge >= 0.3 is 5.97 Å². The number of hydrogen-bond donors (Lipinski definition) is 1. The minimum atomic E-state index is -0.386. The molecule has 0 saturated carbocycles. The van der Waals surface area contributed by atoms with E-state index in [-0.39, 0.29) is 5.97 Å². The first-order valence-corrected chi connectivity index (χ1v) is 10.3. The molecule has 0 atom stereocenters. The number of rotatable bonds is 3. The molecule has 0 bridgehead atoms. The number of carbonyl (C=O) groups excluding carboxylic acids is 1. The summed E-state index contributed by atoms with van der Waals surface area (Å²) < 4.78 is 4.86. The zero-order valence-corrected chi connectivity index (χ0v) is 17.9. The molecule has 154 valence electrons. The lowest BCUT2D eigenvalue weighted by atomic mass is 10.1. The molecule has 0 spiro atoms. The summed E-state index contributed by atoms with van der Waals surface area (Å²) >= 11 is 5.61. The molecule has 1 fully saturated rings. The van der Waals surface area contributed by atoms with E-state index in [2.05, 4.69) is 40.2 Å². The summed E-state index contributed by atoms with van der Waals surface area (Å²) in [7, 11) is 1.37. The van der Waals surface area contributed by atoms with Crippen LogP contribution in [0.5, 0.6) is 0 Å². The number of anilines is 2. The Morgan fingerprint density at radius 3 is 2.53 bits per heavy atom. The number of nitrogens with one attached hydrogen (secondary N) is 1. The highest BCUT2D eigenvalue weighted by molar-refractivity contribution is 7.80. The lowest BCUT2D eigenvalue weighted by Gasteiger charge is -2.37. The summed E-state index contributed by atoms with van der Waals surface area (Å²) in [6.45, 7) is 5.33. The maximum atomic E-state index is 12.0. The molecule has 7 heteroatoms. The first kappa shape index (κ1) is 20.1. The van der Waals surface area contributed by atoms with Crippen molar-refractivity contribution in [1.82, 2.24) is 9.88 Å². The van der Waals surface area contributed by atoms with Crippen molar-refractivity contribution in [3.05, 3.63) is 65.7 Å². The van der Waals surface area contributed by atoms with Gasteiger partial charge in [0.2, 0.25) is 0 Å². The molecular formula is C23H24N4O2S. The predicted molar refractivity (Wildman–Crippen MR) is 124 cm³/mol. The highest BCUT2D eigenvalue weighted by Crippen LogP contribution is 2.23. The Hall–Kier alpha value is -3.19. The number of thiocarbonyl (C=S) groups is 1. The summed E-state index contributed by atoms with van der Waals surface area (Å²) in [5.41, 5.74) is 3.38. The number of para-hydroxylation sites is 2. The number of benzene rings is 2. The minimum Gasteiger partial charge on any atom is -0.465 e. The second-order valence-corrected chi connectivity index (χ2v) is 7.64. The van der Waals surface area contributed by atoms with E-state index in [0.717, 1.165) is 37.5 Å². The molecule has 1 aliphatic heterocycles. The van der Waals surface area contributed by atoms with Crippen molar-refractivity contribution < 1.29 is 9.53 Å². The van der Waals surface area contributed by atoms with Gasteiger partial charge in [-0.15, -0.1) is 0 Å². The van der Waals surface area contributed by atoms with Crippen molar-refractivity contribution in [3.63, 3.8) is 0 Å². The third-order valence-corrected chi connectivity index (χ3v) is 5.73. The minimum absolute atomic E-state index is 0.386. The Morgan fingerprint density at radius 2 is 1.77 bits per heavy atom. The van der Waals surface area contributed by atoms with Crippen LogP contribution >= 0.6 is 12.2 Å². The van der Waals surface area contributed by atoms with Crippen LogP contribution in [0.1, 0.15) is 15.9 Å². The Bertz CT molecular complexity index is 1090. The number of fused-ring (bicyclic) bond motifs is 1. The molecule has 0 unspecified atom stereocenters. The van der Waals surface area contributed by atoms with Gasteiger partial charge in [-0.3, -0.25) is 0 Å². The number of hydrogen-bond acceptors (Lipinski definition) is 5. The van der Waals surface area contributed by atoms with E-state index in [1.807, 2.05) is 24.3 Å². The molecule has 1 saturated heterocycles. The maximum Gasteiger partial charge on any atom is 0.339 e. The van der Waals surface area contributed by atoms with E-state index in [1.165, 1.54) is 18.1 Å². The molecule has 0 amide bonds. The zero-order valence-electron chi connectivity index (χ0n) is 17.1. The number of pyridine rings is 1. The summed E-state index contributed by atoms with van der Waals surface area (Å²) in [5, 5.41) is 5.00. The van der Waals surface area contributed by atoms with Crippen LogP contribution in [0.25, 0.3) is 10.9 Å². The standard InChI is InChI=1S/C23H24N4O2S/c1-16-15-21(24-19-9-5-3-7-17(16)19)26-11-13-27(14-12-26)23(30)25-20-10-6-4-8-18(20)22(28)29-2/h3-10,15H,11-14H2,1-2H3,(H,25,30). The average molecular weight is 421 g/mol. The first-order valence-electron chi connectivity index (χ1n) is 9.91. The number of methoxy groups -OCH3 is 1. The predicted octanol–water partition coefficient (Wildman–Crippen LogP) is 3.85. The SMILES string of the molecule is COC(=O)c1ccccc1NC(=S)N1CCN(c2cc(C)c3ccccc3n2)CC1. The van der Waals surface area contributed by atoms with E-state index in [4.69, 9.17) is 21.9 Å². The number of aryl methyl sites for hydroxylation is 1. The molecular weight excluding hydrogens is 396 g/mol. The van der Waals surface area contributed by atoms with Crippen LogP contribution in [0, 0.1) is 6.92 Å². The topological polar surface area (TPSA) is 57.7 Å². The molecule has 1 aromatic heterocycles. The van der Waals surface area contributed by atoms with Crippen LogP contribution in [0.15, 0.2) is 54.6 Å². The Balaban J connectivity index is 1.43. The van der Waals surface area contributed by atoms with Gasteiger partial charge < -0.3 is 19.9 Å². The molecule has 0 radical (unpaired) electrons. The summed E-state index contributed by atoms with van der Waals surface area (Å²) in [5.74, 6) is 0.615. The number of piperazine rings is 1. The smallest absolute Gasteiger partial charge is 0.339 e. The quantitative estimate of drug-likeness (QED) is 0.510. The summed E-state index contributed by atoms with van der Waals surface area (Å²) in [6, 6.07) is 17.6. The number of ether oxygens (including phenoxy) is 1. The third-order valence-electron chi connectivity index (χ3n) is 5.37. The number of carbonyl (C=O) groups is 1. The second kappa shape index (κ2) is 8.67. The monoisotopic (exact) mass is 420 g/mol. The molecule has 0 aliphatic carbocycles. The normalized spacial score (nSPS) is 13.9. The highest BCUT2D eigenvalue weighted by atomic mass is 32.1. The molecule has 1 aliphatic rings. The van der Waals surface area contributed by atoms with E-state index in [9.17, 15) is 4.79 Å². The van der Waals surface area contributed by atoms with E-state index in [0.29, 0.717) is 16.4 Å². The number of esters is 1. The third kappa shape index (κ3) is 4.07. The van der Waals surface area contributed by atoms with Crippen LogP contribution in [0.2, 0.25) is 0 Å². The Kier molecular flexibility index (Phi) is 5.81. The van der Waals surface area contributed by atoms with Gasteiger partial charge in [0.1, 0.15) is 5.82 Å². The van der Waals surface area contributed by atoms with Crippen molar-refractivity contribution in [2.24, 2.45) is 0 Å². The largest absolute Gasteiger partial charge is 0.465 e. The van der Waals surface area contributed by atoms with Crippen LogP contribution in [0.3, 0.4) is 0 Å². The van der Waals surface area contributed by atoms with Crippen LogP contribution in [-0.4, -0.2) is 54.3 Å². The van der Waals surface area contributed by atoms with Gasteiger partial charge in [-0.25, -0.2) is 9.78 Å². The fraction of sp³-hybridized carbons (Fsp3) is 0.261. The molecule has 30 heavy (non-hydrogen) atoms. The van der Waals surface area contributed by atoms with Gasteiger partial charge in [-0.2, -0.15) is 0 Å². The Morgan fingerprint density at radius 1 is 1.07 bits per heavy atom. The van der Waals surface area contributed by atoms with Gasteiger partial charge in [-0.1, -0.05) is 30.3 Å². The average Bonchev–Trinajstić information content (AvgIpc) is 2.79. The lowest BCUT2D eigenvalue weighted by Crippen LogP contribution is -2.50. The van der Waals surface area contributed by atoms with Gasteiger partial charge in [0.25, 0.3) is 0 Å². The Labute approximate surface area is 181 Å². The molecule has 2 aromatic carbocycles. The summed E-state index contributed by atoms with van der Waals surface area (Å²) in [6.07, 6.45) is 0. The molecule has 6 nitrogen and oxygen atoms in total. The van der Waals surface area contributed by atoms with Crippen molar-refractivity contribution in [1.29, 1.82) is 0 Å². The molecule has 2 heterocycles. The van der Waals surface area contributed by atoms with Crippen molar-refractivity contribution in [2.75, 3.05) is 43.5 Å². The van der Waals surface area contributed by atoms with Crippen LogP contribution in [-0.2, 0) is 4.74 Å².